The molecule has 0 aliphatic rings. The first-order valence-electron chi connectivity index (χ1n) is 7.74. The maximum absolute atomic E-state index is 12.2. The topological polar surface area (TPSA) is 82.2 Å². The fourth-order valence-electron chi connectivity index (χ4n) is 2.50. The lowest BCUT2D eigenvalue weighted by atomic mass is 10.1. The molecule has 1 amide bonds. The Bertz CT molecular complexity index is 634. The molecule has 5 nitrogen and oxygen atoms in total. The first-order chi connectivity index (χ1) is 10.7. The Hall–Kier alpha value is -2.30. The number of benzene rings is 1. The van der Waals surface area contributed by atoms with Crippen molar-refractivity contribution in [1.29, 1.82) is 0 Å². The lowest BCUT2D eigenvalue weighted by Crippen LogP contribution is -2.24. The number of carboxylic acids is 1. The summed E-state index contributed by atoms with van der Waals surface area (Å²) < 4.78 is 0. The molecule has 0 fully saturated rings. The number of aromatic amines is 1. The maximum atomic E-state index is 12.2. The number of nitrogens with one attached hydrogen (secondary N) is 2. The van der Waals surface area contributed by atoms with Gasteiger partial charge in [-0.15, -0.1) is 0 Å². The van der Waals surface area contributed by atoms with Gasteiger partial charge in [-0.25, -0.2) is 0 Å². The molecule has 0 spiro atoms. The summed E-state index contributed by atoms with van der Waals surface area (Å²) in [5, 5.41) is 12.5. The second-order valence-corrected chi connectivity index (χ2v) is 5.41. The van der Waals surface area contributed by atoms with Gasteiger partial charge in [0.2, 0.25) is 0 Å². The SMILES string of the molecule is O=C(O)CCCCCCCNC(=O)c1cccc2cc[nH]c12. The zero-order chi connectivity index (χ0) is 15.8. The lowest BCUT2D eigenvalue weighted by molar-refractivity contribution is -0.137. The number of carbonyl (C=O) groups excluding carboxylic acids is 1. The van der Waals surface area contributed by atoms with Gasteiger partial charge in [0.1, 0.15) is 0 Å². The van der Waals surface area contributed by atoms with E-state index in [0.29, 0.717) is 12.1 Å². The quantitative estimate of drug-likeness (QED) is 0.621. The van der Waals surface area contributed by atoms with Gasteiger partial charge in [-0.2, -0.15) is 0 Å². The monoisotopic (exact) mass is 302 g/mol. The van der Waals surface area contributed by atoms with Gasteiger partial charge in [0.25, 0.3) is 5.91 Å². The molecule has 0 saturated carbocycles. The lowest BCUT2D eigenvalue weighted by Gasteiger charge is -2.06. The van der Waals surface area contributed by atoms with E-state index in [9.17, 15) is 9.59 Å². The van der Waals surface area contributed by atoms with E-state index in [0.717, 1.165) is 43.0 Å². The van der Waals surface area contributed by atoms with Crippen molar-refractivity contribution in [2.24, 2.45) is 0 Å². The summed E-state index contributed by atoms with van der Waals surface area (Å²) >= 11 is 0. The molecule has 5 heteroatoms. The molecule has 118 valence electrons. The highest BCUT2D eigenvalue weighted by Gasteiger charge is 2.09. The third-order valence-electron chi connectivity index (χ3n) is 3.68. The van der Waals surface area contributed by atoms with Crippen molar-refractivity contribution >= 4 is 22.8 Å². The van der Waals surface area contributed by atoms with E-state index in [1.54, 1.807) is 0 Å². The Morgan fingerprint density at radius 1 is 1.05 bits per heavy atom. The van der Waals surface area contributed by atoms with Crippen molar-refractivity contribution in [2.45, 2.75) is 38.5 Å². The summed E-state index contributed by atoms with van der Waals surface area (Å²) in [5.74, 6) is -0.787. The zero-order valence-corrected chi connectivity index (χ0v) is 12.6. The molecule has 2 aromatic rings. The fourth-order valence-corrected chi connectivity index (χ4v) is 2.50. The van der Waals surface area contributed by atoms with E-state index in [1.807, 2.05) is 30.5 Å². The van der Waals surface area contributed by atoms with E-state index in [1.165, 1.54) is 0 Å². The Morgan fingerprint density at radius 3 is 2.64 bits per heavy atom. The Balaban J connectivity index is 1.66. The summed E-state index contributed by atoms with van der Waals surface area (Å²) in [6, 6.07) is 7.62. The van der Waals surface area contributed by atoms with Gasteiger partial charge in [-0.3, -0.25) is 9.59 Å². The molecule has 1 heterocycles. The molecular weight excluding hydrogens is 280 g/mol. The van der Waals surface area contributed by atoms with Gasteiger partial charge in [0.05, 0.1) is 11.1 Å². The molecule has 2 rings (SSSR count). The highest BCUT2D eigenvalue weighted by atomic mass is 16.4. The van der Waals surface area contributed by atoms with Gasteiger partial charge in [0, 0.05) is 24.5 Å². The van der Waals surface area contributed by atoms with E-state index in [-0.39, 0.29) is 12.3 Å². The average Bonchev–Trinajstić information content (AvgIpc) is 2.97. The smallest absolute Gasteiger partial charge is 0.303 e. The van der Waals surface area contributed by atoms with Crippen LogP contribution in [0.2, 0.25) is 0 Å². The fraction of sp³-hybridized carbons (Fsp3) is 0.412. The Morgan fingerprint density at radius 2 is 1.82 bits per heavy atom. The van der Waals surface area contributed by atoms with Crippen LogP contribution in [0.5, 0.6) is 0 Å². The number of carboxylic acid groups (broad SMARTS) is 1. The second kappa shape index (κ2) is 8.22. The highest BCUT2D eigenvalue weighted by molar-refractivity contribution is 6.05. The molecule has 22 heavy (non-hydrogen) atoms. The third-order valence-corrected chi connectivity index (χ3v) is 3.68. The molecule has 0 aliphatic carbocycles. The van der Waals surface area contributed by atoms with Crippen LogP contribution in [-0.4, -0.2) is 28.5 Å². The van der Waals surface area contributed by atoms with E-state index in [4.69, 9.17) is 5.11 Å². The number of unbranched alkanes of at least 4 members (excludes halogenated alkanes) is 4. The number of rotatable bonds is 9. The minimum absolute atomic E-state index is 0.0565. The van der Waals surface area contributed by atoms with Gasteiger partial charge in [-0.05, 0) is 25.0 Å². The predicted molar refractivity (Wildman–Crippen MR) is 86.0 cm³/mol. The van der Waals surface area contributed by atoms with Crippen molar-refractivity contribution in [3.8, 4) is 0 Å². The van der Waals surface area contributed by atoms with E-state index >= 15 is 0 Å². The number of hydrogen-bond donors (Lipinski definition) is 3. The zero-order valence-electron chi connectivity index (χ0n) is 12.6. The van der Waals surface area contributed by atoms with Crippen molar-refractivity contribution in [3.05, 3.63) is 36.0 Å². The molecule has 1 aromatic heterocycles. The maximum Gasteiger partial charge on any atom is 0.303 e. The molecule has 0 bridgehead atoms. The second-order valence-electron chi connectivity index (χ2n) is 5.41. The molecule has 0 saturated heterocycles. The van der Waals surface area contributed by atoms with Crippen LogP contribution >= 0.6 is 0 Å². The number of carbonyl (C=O) groups is 2. The number of amides is 1. The van der Waals surface area contributed by atoms with Gasteiger partial charge >= 0.3 is 5.97 Å². The number of para-hydroxylation sites is 1. The van der Waals surface area contributed by atoms with Gasteiger partial charge < -0.3 is 15.4 Å². The molecule has 1 aromatic carbocycles. The van der Waals surface area contributed by atoms with Crippen LogP contribution in [0.4, 0.5) is 0 Å². The highest BCUT2D eigenvalue weighted by Crippen LogP contribution is 2.16. The Labute approximate surface area is 129 Å². The predicted octanol–water partition coefficient (Wildman–Crippen LogP) is 3.32. The van der Waals surface area contributed by atoms with Crippen LogP contribution in [-0.2, 0) is 4.79 Å². The standard InChI is InChI=1S/C17H22N2O3/c20-15(21)9-4-2-1-3-5-11-19-17(22)14-8-6-7-13-10-12-18-16(13)14/h6-8,10,12,18H,1-5,9,11H2,(H,19,22)(H,20,21). The number of aromatic nitrogens is 1. The van der Waals surface area contributed by atoms with Gasteiger partial charge in [0.15, 0.2) is 0 Å². The van der Waals surface area contributed by atoms with Crippen molar-refractivity contribution < 1.29 is 14.7 Å². The third kappa shape index (κ3) is 4.62. The normalized spacial score (nSPS) is 10.7. The van der Waals surface area contributed by atoms with Crippen LogP contribution in [0, 0.1) is 0 Å². The van der Waals surface area contributed by atoms with Crippen molar-refractivity contribution in [1.82, 2.24) is 10.3 Å². The molecule has 0 unspecified atom stereocenters. The Kier molecular flexibility index (Phi) is 6.01. The molecule has 0 radical (unpaired) electrons. The molecule has 0 aliphatic heterocycles. The summed E-state index contributed by atoms with van der Waals surface area (Å²) in [4.78, 5) is 25.6. The van der Waals surface area contributed by atoms with Crippen LogP contribution in [0.1, 0.15) is 48.9 Å². The average molecular weight is 302 g/mol. The molecular formula is C17H22N2O3. The minimum atomic E-state index is -0.731. The van der Waals surface area contributed by atoms with Gasteiger partial charge in [-0.1, -0.05) is 31.4 Å². The minimum Gasteiger partial charge on any atom is -0.481 e. The van der Waals surface area contributed by atoms with Crippen LogP contribution in [0.25, 0.3) is 10.9 Å². The largest absolute Gasteiger partial charge is 0.481 e. The first-order valence-corrected chi connectivity index (χ1v) is 7.74. The number of fused-ring (bicyclic) bond motifs is 1. The first kappa shape index (κ1) is 16.1. The van der Waals surface area contributed by atoms with Crippen LogP contribution in [0.3, 0.4) is 0 Å². The van der Waals surface area contributed by atoms with Crippen LogP contribution in [0.15, 0.2) is 30.5 Å². The molecule has 0 atom stereocenters. The van der Waals surface area contributed by atoms with Crippen molar-refractivity contribution in [2.75, 3.05) is 6.54 Å². The number of aliphatic carboxylic acids is 1. The van der Waals surface area contributed by atoms with E-state index in [2.05, 4.69) is 10.3 Å². The summed E-state index contributed by atoms with van der Waals surface area (Å²) in [5.41, 5.74) is 1.54. The summed E-state index contributed by atoms with van der Waals surface area (Å²) in [7, 11) is 0. The summed E-state index contributed by atoms with van der Waals surface area (Å²) in [6.07, 6.45) is 6.68. The van der Waals surface area contributed by atoms with Crippen molar-refractivity contribution in [3.63, 3.8) is 0 Å². The van der Waals surface area contributed by atoms with E-state index < -0.39 is 5.97 Å². The summed E-state index contributed by atoms with van der Waals surface area (Å²) in [6.45, 7) is 0.648. The molecule has 3 N–H and O–H groups in total. The number of hydrogen-bond acceptors (Lipinski definition) is 2. The van der Waals surface area contributed by atoms with Crippen LogP contribution < -0.4 is 5.32 Å². The number of H-pyrrole nitrogens is 1.